The fraction of sp³-hybridized carbons (Fsp3) is 0.188. The van der Waals surface area contributed by atoms with E-state index in [-0.39, 0.29) is 11.6 Å². The lowest BCUT2D eigenvalue weighted by atomic mass is 10.0. The van der Waals surface area contributed by atoms with Crippen molar-refractivity contribution < 1.29 is 8.78 Å². The number of benzene rings is 2. The number of halogens is 2. The van der Waals surface area contributed by atoms with Crippen molar-refractivity contribution in [3.8, 4) is 11.1 Å². The molecule has 3 rings (SSSR count). The van der Waals surface area contributed by atoms with Crippen molar-refractivity contribution >= 4 is 11.0 Å². The van der Waals surface area contributed by atoms with Crippen LogP contribution in [0.15, 0.2) is 36.4 Å². The maximum atomic E-state index is 13.7. The number of rotatable bonds is 3. The van der Waals surface area contributed by atoms with Crippen molar-refractivity contribution in [3.05, 3.63) is 53.9 Å². The Morgan fingerprint density at radius 1 is 1.05 bits per heavy atom. The predicted octanol–water partition coefficient (Wildman–Crippen LogP) is 4.46. The average molecular weight is 272 g/mol. The zero-order chi connectivity index (χ0) is 14.1. The number of aromatic nitrogens is 2. The van der Waals surface area contributed by atoms with Gasteiger partial charge in [0, 0.05) is 12.0 Å². The van der Waals surface area contributed by atoms with Gasteiger partial charge in [0.2, 0.25) is 0 Å². The molecule has 3 aromatic rings. The molecular weight excluding hydrogens is 258 g/mol. The van der Waals surface area contributed by atoms with E-state index in [1.807, 2.05) is 0 Å². The van der Waals surface area contributed by atoms with Crippen LogP contribution in [-0.4, -0.2) is 9.97 Å². The van der Waals surface area contributed by atoms with Crippen LogP contribution in [0.4, 0.5) is 8.78 Å². The van der Waals surface area contributed by atoms with Crippen LogP contribution in [0.2, 0.25) is 0 Å². The first-order chi connectivity index (χ1) is 9.67. The summed E-state index contributed by atoms with van der Waals surface area (Å²) in [6.45, 7) is 2.06. The summed E-state index contributed by atoms with van der Waals surface area (Å²) in [7, 11) is 0. The Morgan fingerprint density at radius 2 is 1.80 bits per heavy atom. The number of hydrogen-bond acceptors (Lipinski definition) is 1. The maximum absolute atomic E-state index is 13.7. The predicted molar refractivity (Wildman–Crippen MR) is 75.4 cm³/mol. The van der Waals surface area contributed by atoms with E-state index in [9.17, 15) is 8.78 Å². The van der Waals surface area contributed by atoms with Gasteiger partial charge in [-0.15, -0.1) is 0 Å². The molecule has 0 saturated heterocycles. The number of aromatic amines is 1. The van der Waals surface area contributed by atoms with Crippen LogP contribution in [0, 0.1) is 11.6 Å². The van der Waals surface area contributed by atoms with E-state index in [0.717, 1.165) is 29.7 Å². The summed E-state index contributed by atoms with van der Waals surface area (Å²) in [5.41, 5.74) is 2.83. The molecule has 2 aromatic carbocycles. The van der Waals surface area contributed by atoms with Gasteiger partial charge in [0.25, 0.3) is 0 Å². The molecule has 20 heavy (non-hydrogen) atoms. The monoisotopic (exact) mass is 272 g/mol. The standard InChI is InChI=1S/C16H14F2N2/c1-2-3-15-19-14-9-12(18)8-13(16(14)20-15)10-4-6-11(17)7-5-10/h4-9H,2-3H2,1H3,(H,19,20). The topological polar surface area (TPSA) is 28.7 Å². The number of aryl methyl sites for hydroxylation is 1. The van der Waals surface area contributed by atoms with Gasteiger partial charge in [0.05, 0.1) is 11.0 Å². The fourth-order valence-electron chi connectivity index (χ4n) is 2.34. The molecule has 102 valence electrons. The minimum atomic E-state index is -0.330. The molecule has 0 unspecified atom stereocenters. The molecule has 0 aliphatic heterocycles. The zero-order valence-corrected chi connectivity index (χ0v) is 11.1. The van der Waals surface area contributed by atoms with Crippen LogP contribution in [0.5, 0.6) is 0 Å². The molecule has 0 saturated carbocycles. The smallest absolute Gasteiger partial charge is 0.126 e. The second-order valence-corrected chi connectivity index (χ2v) is 4.79. The first-order valence-corrected chi connectivity index (χ1v) is 6.61. The molecular formula is C16H14F2N2. The molecule has 1 heterocycles. The summed E-state index contributed by atoms with van der Waals surface area (Å²) in [4.78, 5) is 7.66. The van der Waals surface area contributed by atoms with E-state index in [2.05, 4.69) is 16.9 Å². The van der Waals surface area contributed by atoms with Gasteiger partial charge in [0.15, 0.2) is 0 Å². The summed E-state index contributed by atoms with van der Waals surface area (Å²) in [5.74, 6) is 0.204. The van der Waals surface area contributed by atoms with Gasteiger partial charge in [0.1, 0.15) is 17.5 Å². The van der Waals surface area contributed by atoms with E-state index in [4.69, 9.17) is 0 Å². The van der Waals surface area contributed by atoms with Gasteiger partial charge < -0.3 is 4.98 Å². The van der Waals surface area contributed by atoms with E-state index in [1.165, 1.54) is 24.3 Å². The second-order valence-electron chi connectivity index (χ2n) is 4.79. The third-order valence-electron chi connectivity index (χ3n) is 3.24. The van der Waals surface area contributed by atoms with Crippen molar-refractivity contribution in [2.75, 3.05) is 0 Å². The summed E-state index contributed by atoms with van der Waals surface area (Å²) < 4.78 is 26.7. The highest BCUT2D eigenvalue weighted by atomic mass is 19.1. The Bertz CT molecular complexity index is 745. The molecule has 0 bridgehead atoms. The summed E-state index contributed by atoms with van der Waals surface area (Å²) in [6.07, 6.45) is 1.79. The molecule has 0 spiro atoms. The molecule has 0 atom stereocenters. The largest absolute Gasteiger partial charge is 0.342 e. The summed E-state index contributed by atoms with van der Waals surface area (Å²) in [6, 6.07) is 8.88. The van der Waals surface area contributed by atoms with Crippen LogP contribution >= 0.6 is 0 Å². The number of nitrogens with zero attached hydrogens (tertiary/aromatic N) is 1. The Kier molecular flexibility index (Phi) is 3.22. The normalized spacial score (nSPS) is 11.2. The second kappa shape index (κ2) is 5.04. The van der Waals surface area contributed by atoms with Crippen LogP contribution in [0.25, 0.3) is 22.2 Å². The third kappa shape index (κ3) is 2.29. The van der Waals surface area contributed by atoms with E-state index in [1.54, 1.807) is 12.1 Å². The van der Waals surface area contributed by atoms with Gasteiger partial charge >= 0.3 is 0 Å². The number of fused-ring (bicyclic) bond motifs is 1. The number of nitrogens with one attached hydrogen (secondary N) is 1. The molecule has 4 heteroatoms. The van der Waals surface area contributed by atoms with E-state index >= 15 is 0 Å². The number of H-pyrrole nitrogens is 1. The molecule has 0 amide bonds. The maximum Gasteiger partial charge on any atom is 0.126 e. The van der Waals surface area contributed by atoms with Crippen LogP contribution in [0.1, 0.15) is 19.2 Å². The Balaban J connectivity index is 2.20. The quantitative estimate of drug-likeness (QED) is 0.749. The lowest BCUT2D eigenvalue weighted by molar-refractivity contribution is 0.628. The van der Waals surface area contributed by atoms with Gasteiger partial charge in [-0.1, -0.05) is 19.1 Å². The lowest BCUT2D eigenvalue weighted by Crippen LogP contribution is -1.85. The van der Waals surface area contributed by atoms with E-state index < -0.39 is 0 Å². The zero-order valence-electron chi connectivity index (χ0n) is 11.1. The molecule has 0 aliphatic carbocycles. The molecule has 0 radical (unpaired) electrons. The van der Waals surface area contributed by atoms with Gasteiger partial charge in [-0.05, 0) is 36.2 Å². The third-order valence-corrected chi connectivity index (χ3v) is 3.24. The van der Waals surface area contributed by atoms with Crippen molar-refractivity contribution in [1.82, 2.24) is 9.97 Å². The SMILES string of the molecule is CCCc1nc2c(-c3ccc(F)cc3)cc(F)cc2[nH]1. The Hall–Kier alpha value is -2.23. The first-order valence-electron chi connectivity index (χ1n) is 6.61. The van der Waals surface area contributed by atoms with Crippen LogP contribution in [-0.2, 0) is 6.42 Å². The lowest BCUT2D eigenvalue weighted by Gasteiger charge is -2.03. The number of hydrogen-bond donors (Lipinski definition) is 1. The Morgan fingerprint density at radius 3 is 2.50 bits per heavy atom. The minimum absolute atomic E-state index is 0.310. The van der Waals surface area contributed by atoms with Gasteiger partial charge in [-0.2, -0.15) is 0 Å². The highest BCUT2D eigenvalue weighted by Gasteiger charge is 2.11. The van der Waals surface area contributed by atoms with Crippen molar-refractivity contribution in [1.29, 1.82) is 0 Å². The fourth-order valence-corrected chi connectivity index (χ4v) is 2.34. The number of imidazole rings is 1. The molecule has 1 N–H and O–H groups in total. The molecule has 0 aliphatic rings. The molecule has 0 fully saturated rings. The summed E-state index contributed by atoms with van der Waals surface area (Å²) >= 11 is 0. The summed E-state index contributed by atoms with van der Waals surface area (Å²) in [5, 5.41) is 0. The molecule has 1 aromatic heterocycles. The van der Waals surface area contributed by atoms with Crippen molar-refractivity contribution in [2.45, 2.75) is 19.8 Å². The molecule has 2 nitrogen and oxygen atoms in total. The average Bonchev–Trinajstić information content (AvgIpc) is 2.81. The van der Waals surface area contributed by atoms with Gasteiger partial charge in [-0.25, -0.2) is 13.8 Å². The Labute approximate surface area is 115 Å². The van der Waals surface area contributed by atoms with Gasteiger partial charge in [-0.3, -0.25) is 0 Å². The first kappa shape index (κ1) is 12.8. The van der Waals surface area contributed by atoms with E-state index in [0.29, 0.717) is 11.1 Å². The van der Waals surface area contributed by atoms with Crippen molar-refractivity contribution in [3.63, 3.8) is 0 Å². The highest BCUT2D eigenvalue weighted by molar-refractivity contribution is 5.92. The van der Waals surface area contributed by atoms with Crippen LogP contribution in [0.3, 0.4) is 0 Å². The van der Waals surface area contributed by atoms with Crippen molar-refractivity contribution in [2.24, 2.45) is 0 Å². The minimum Gasteiger partial charge on any atom is -0.342 e. The highest BCUT2D eigenvalue weighted by Crippen LogP contribution is 2.29. The van der Waals surface area contributed by atoms with Crippen LogP contribution < -0.4 is 0 Å².